The Hall–Kier alpha value is -2.34. The Labute approximate surface area is 118 Å². The first-order valence-electron chi connectivity index (χ1n) is 6.52. The molecule has 20 heavy (non-hydrogen) atoms. The van der Waals surface area contributed by atoms with Crippen LogP contribution in [0.2, 0.25) is 0 Å². The van der Waals surface area contributed by atoms with Crippen LogP contribution in [0.25, 0.3) is 0 Å². The number of benzene rings is 2. The molecule has 0 heterocycles. The van der Waals surface area contributed by atoms with Gasteiger partial charge in [-0.1, -0.05) is 30.3 Å². The molecule has 0 aliphatic rings. The molecule has 0 aliphatic carbocycles. The minimum Gasteiger partial charge on any atom is -0.367 e. The van der Waals surface area contributed by atoms with Crippen LogP contribution in [0.1, 0.15) is 18.1 Å². The molecular formula is C17H17FN2. The zero-order valence-electron chi connectivity index (χ0n) is 11.7. The number of anilines is 1. The molecule has 0 saturated heterocycles. The van der Waals surface area contributed by atoms with Gasteiger partial charge >= 0.3 is 0 Å². The molecule has 2 nitrogen and oxygen atoms in total. The van der Waals surface area contributed by atoms with E-state index in [9.17, 15) is 9.65 Å². The van der Waals surface area contributed by atoms with Crippen LogP contribution in [0.4, 0.5) is 10.1 Å². The van der Waals surface area contributed by atoms with Gasteiger partial charge in [-0.25, -0.2) is 4.39 Å². The third kappa shape index (κ3) is 3.36. The van der Waals surface area contributed by atoms with Gasteiger partial charge in [-0.3, -0.25) is 0 Å². The SMILES string of the molecule is Cc1ccccc1NC(C)(C#N)Cc1cccc(F)c1. The average Bonchev–Trinajstić information content (AvgIpc) is 2.41. The number of nitriles is 1. The van der Waals surface area contributed by atoms with E-state index in [0.717, 1.165) is 16.8 Å². The summed E-state index contributed by atoms with van der Waals surface area (Å²) in [5.41, 5.74) is 2.02. The van der Waals surface area contributed by atoms with E-state index in [-0.39, 0.29) is 5.82 Å². The fourth-order valence-electron chi connectivity index (χ4n) is 2.18. The van der Waals surface area contributed by atoms with Crippen molar-refractivity contribution in [3.63, 3.8) is 0 Å². The highest BCUT2D eigenvalue weighted by Crippen LogP contribution is 2.22. The Morgan fingerprint density at radius 1 is 1.20 bits per heavy atom. The number of para-hydroxylation sites is 1. The van der Waals surface area contributed by atoms with Gasteiger partial charge in [0.05, 0.1) is 6.07 Å². The Bertz CT molecular complexity index is 645. The number of hydrogen-bond acceptors (Lipinski definition) is 2. The maximum atomic E-state index is 13.2. The fourth-order valence-corrected chi connectivity index (χ4v) is 2.18. The van der Waals surface area contributed by atoms with Gasteiger partial charge in [0.2, 0.25) is 0 Å². The molecule has 0 saturated carbocycles. The average molecular weight is 268 g/mol. The smallest absolute Gasteiger partial charge is 0.126 e. The molecule has 0 radical (unpaired) electrons. The van der Waals surface area contributed by atoms with Crippen LogP contribution in [0.5, 0.6) is 0 Å². The van der Waals surface area contributed by atoms with Crippen molar-refractivity contribution in [2.75, 3.05) is 5.32 Å². The minimum absolute atomic E-state index is 0.279. The molecule has 0 bridgehead atoms. The Morgan fingerprint density at radius 3 is 2.60 bits per heavy atom. The fraction of sp³-hybridized carbons (Fsp3) is 0.235. The predicted molar refractivity (Wildman–Crippen MR) is 78.9 cm³/mol. The van der Waals surface area contributed by atoms with Crippen molar-refractivity contribution in [2.24, 2.45) is 0 Å². The predicted octanol–water partition coefficient (Wildman–Crippen LogP) is 4.07. The van der Waals surface area contributed by atoms with Crippen molar-refractivity contribution < 1.29 is 4.39 Å². The molecule has 0 aromatic heterocycles. The highest BCUT2D eigenvalue weighted by Gasteiger charge is 2.24. The van der Waals surface area contributed by atoms with Crippen LogP contribution in [-0.2, 0) is 6.42 Å². The first-order valence-corrected chi connectivity index (χ1v) is 6.52. The first-order chi connectivity index (χ1) is 9.52. The molecule has 3 heteroatoms. The van der Waals surface area contributed by atoms with E-state index in [2.05, 4.69) is 11.4 Å². The Balaban J connectivity index is 2.22. The second kappa shape index (κ2) is 5.75. The van der Waals surface area contributed by atoms with Gasteiger partial charge in [0.1, 0.15) is 11.4 Å². The molecule has 0 amide bonds. The number of aryl methyl sites for hydroxylation is 1. The van der Waals surface area contributed by atoms with Gasteiger partial charge in [0, 0.05) is 12.1 Å². The third-order valence-electron chi connectivity index (χ3n) is 3.25. The lowest BCUT2D eigenvalue weighted by atomic mass is 9.93. The maximum absolute atomic E-state index is 13.2. The van der Waals surface area contributed by atoms with Gasteiger partial charge in [0.25, 0.3) is 0 Å². The number of hydrogen-bond donors (Lipinski definition) is 1. The largest absolute Gasteiger partial charge is 0.367 e. The van der Waals surface area contributed by atoms with Crippen molar-refractivity contribution in [1.29, 1.82) is 5.26 Å². The number of nitrogens with zero attached hydrogens (tertiary/aromatic N) is 1. The maximum Gasteiger partial charge on any atom is 0.126 e. The molecule has 0 spiro atoms. The van der Waals surface area contributed by atoms with Crippen LogP contribution < -0.4 is 5.32 Å². The summed E-state index contributed by atoms with van der Waals surface area (Å²) >= 11 is 0. The quantitative estimate of drug-likeness (QED) is 0.907. The number of halogens is 1. The van der Waals surface area contributed by atoms with Crippen LogP contribution in [-0.4, -0.2) is 5.54 Å². The lowest BCUT2D eigenvalue weighted by Crippen LogP contribution is -2.35. The molecule has 1 atom stereocenters. The lowest BCUT2D eigenvalue weighted by Gasteiger charge is -2.25. The number of nitrogens with one attached hydrogen (secondary N) is 1. The van der Waals surface area contributed by atoms with E-state index in [1.807, 2.05) is 44.2 Å². The monoisotopic (exact) mass is 268 g/mol. The summed E-state index contributed by atoms with van der Waals surface area (Å²) in [5, 5.41) is 12.7. The zero-order valence-corrected chi connectivity index (χ0v) is 11.7. The third-order valence-corrected chi connectivity index (χ3v) is 3.25. The van der Waals surface area contributed by atoms with E-state index in [0.29, 0.717) is 6.42 Å². The zero-order chi connectivity index (χ0) is 14.6. The number of rotatable bonds is 4. The molecule has 2 rings (SSSR count). The molecule has 1 unspecified atom stereocenters. The van der Waals surface area contributed by atoms with Gasteiger partial charge in [-0.15, -0.1) is 0 Å². The molecule has 2 aromatic carbocycles. The van der Waals surface area contributed by atoms with E-state index in [4.69, 9.17) is 0 Å². The van der Waals surface area contributed by atoms with E-state index >= 15 is 0 Å². The topological polar surface area (TPSA) is 35.8 Å². The lowest BCUT2D eigenvalue weighted by molar-refractivity contribution is 0.613. The summed E-state index contributed by atoms with van der Waals surface area (Å²) < 4.78 is 13.2. The summed E-state index contributed by atoms with van der Waals surface area (Å²) in [6.07, 6.45) is 0.440. The normalized spacial score (nSPS) is 13.3. The summed E-state index contributed by atoms with van der Waals surface area (Å²) in [6, 6.07) is 16.5. The molecule has 0 aliphatic heterocycles. The van der Waals surface area contributed by atoms with E-state index in [1.165, 1.54) is 12.1 Å². The van der Waals surface area contributed by atoms with E-state index in [1.54, 1.807) is 6.07 Å². The van der Waals surface area contributed by atoms with E-state index < -0.39 is 5.54 Å². The van der Waals surface area contributed by atoms with Crippen molar-refractivity contribution in [1.82, 2.24) is 0 Å². The summed E-state index contributed by atoms with van der Waals surface area (Å²) in [5.74, 6) is -0.279. The van der Waals surface area contributed by atoms with Crippen molar-refractivity contribution in [2.45, 2.75) is 25.8 Å². The highest BCUT2D eigenvalue weighted by atomic mass is 19.1. The Morgan fingerprint density at radius 2 is 1.95 bits per heavy atom. The van der Waals surface area contributed by atoms with Crippen molar-refractivity contribution in [3.05, 3.63) is 65.5 Å². The first kappa shape index (κ1) is 14.1. The van der Waals surface area contributed by atoms with Gasteiger partial charge < -0.3 is 5.32 Å². The van der Waals surface area contributed by atoms with Gasteiger partial charge in [-0.2, -0.15) is 5.26 Å². The second-order valence-corrected chi connectivity index (χ2v) is 5.19. The van der Waals surface area contributed by atoms with Crippen molar-refractivity contribution >= 4 is 5.69 Å². The standard InChI is InChI=1S/C17H17FN2/c1-13-6-3-4-9-16(13)20-17(2,12-19)11-14-7-5-8-15(18)10-14/h3-10,20H,11H2,1-2H3. The van der Waals surface area contributed by atoms with Crippen LogP contribution in [0, 0.1) is 24.1 Å². The molecule has 102 valence electrons. The summed E-state index contributed by atoms with van der Waals surface area (Å²) in [4.78, 5) is 0. The molecule has 2 aromatic rings. The van der Waals surface area contributed by atoms with Crippen LogP contribution >= 0.6 is 0 Å². The van der Waals surface area contributed by atoms with Crippen LogP contribution in [0.15, 0.2) is 48.5 Å². The molecule has 0 fully saturated rings. The molecular weight excluding hydrogens is 251 g/mol. The summed E-state index contributed by atoms with van der Waals surface area (Å²) in [6.45, 7) is 3.81. The van der Waals surface area contributed by atoms with Crippen LogP contribution in [0.3, 0.4) is 0 Å². The molecule has 1 N–H and O–H groups in total. The van der Waals surface area contributed by atoms with Gasteiger partial charge in [0.15, 0.2) is 0 Å². The minimum atomic E-state index is -0.778. The Kier molecular flexibility index (Phi) is 4.05. The van der Waals surface area contributed by atoms with Gasteiger partial charge in [-0.05, 0) is 43.2 Å². The van der Waals surface area contributed by atoms with Crippen molar-refractivity contribution in [3.8, 4) is 6.07 Å². The summed E-state index contributed by atoms with van der Waals surface area (Å²) in [7, 11) is 0. The highest BCUT2D eigenvalue weighted by molar-refractivity contribution is 5.53. The second-order valence-electron chi connectivity index (χ2n) is 5.19.